The molecule has 2 rings (SSSR count). The van der Waals surface area contributed by atoms with Crippen molar-refractivity contribution in [2.45, 2.75) is 32.2 Å². The van der Waals surface area contributed by atoms with Gasteiger partial charge in [0.05, 0.1) is 14.2 Å². The van der Waals surface area contributed by atoms with Crippen LogP contribution in [0.5, 0.6) is 0 Å². The summed E-state index contributed by atoms with van der Waals surface area (Å²) in [5, 5.41) is 10.2. The van der Waals surface area contributed by atoms with Crippen molar-refractivity contribution in [2.75, 3.05) is 0 Å². The molecule has 1 N–H and O–H groups in total. The molecule has 16 heavy (non-hydrogen) atoms. The lowest BCUT2D eigenvalue weighted by molar-refractivity contribution is 0.146. The Morgan fingerprint density at radius 1 is 1.25 bits per heavy atom. The van der Waals surface area contributed by atoms with E-state index in [1.165, 1.54) is 5.56 Å². The van der Waals surface area contributed by atoms with Crippen LogP contribution in [0.2, 0.25) is 19.6 Å². The molecule has 0 aromatic heterocycles. The molecule has 0 radical (unpaired) electrons. The lowest BCUT2D eigenvalue weighted by Crippen LogP contribution is -2.17. The van der Waals surface area contributed by atoms with Crippen molar-refractivity contribution >= 4 is 8.07 Å². The maximum absolute atomic E-state index is 10.2. The molecule has 0 heterocycles. The van der Waals surface area contributed by atoms with Gasteiger partial charge in [0.2, 0.25) is 0 Å². The Balaban J connectivity index is 2.16. The molecule has 0 aliphatic heterocycles. The minimum atomic E-state index is -1.15. The Kier molecular flexibility index (Phi) is 3.04. The van der Waals surface area contributed by atoms with Crippen LogP contribution in [0.15, 0.2) is 36.0 Å². The summed E-state index contributed by atoms with van der Waals surface area (Å²) in [6.45, 7) is 6.95. The molecule has 2 heteroatoms. The van der Waals surface area contributed by atoms with Crippen molar-refractivity contribution in [2.24, 2.45) is 5.92 Å². The van der Waals surface area contributed by atoms with Gasteiger partial charge in [-0.3, -0.25) is 0 Å². The first-order chi connectivity index (χ1) is 7.47. The fraction of sp³-hybridized carbons (Fsp3) is 0.429. The molecule has 1 aliphatic carbocycles. The number of rotatable bonds is 2. The average molecular weight is 232 g/mol. The number of aliphatic hydroxyl groups is 1. The molecule has 0 fully saturated rings. The molecular weight excluding hydrogens is 212 g/mol. The number of hydrogen-bond acceptors (Lipinski definition) is 1. The van der Waals surface area contributed by atoms with E-state index in [4.69, 9.17) is 0 Å². The third-order valence-electron chi connectivity index (χ3n) is 3.08. The molecule has 86 valence electrons. The van der Waals surface area contributed by atoms with Crippen molar-refractivity contribution in [3.05, 3.63) is 47.2 Å². The van der Waals surface area contributed by atoms with E-state index in [0.29, 0.717) is 0 Å². The third-order valence-corrected chi connectivity index (χ3v) is 4.27. The first-order valence-electron chi connectivity index (χ1n) is 5.92. The van der Waals surface area contributed by atoms with Gasteiger partial charge in [-0.1, -0.05) is 55.7 Å². The first kappa shape index (κ1) is 11.6. The van der Waals surface area contributed by atoms with Crippen molar-refractivity contribution in [3.63, 3.8) is 0 Å². The fourth-order valence-electron chi connectivity index (χ4n) is 2.19. The van der Waals surface area contributed by atoms with Crippen LogP contribution < -0.4 is 0 Å². The molecule has 0 saturated carbocycles. The minimum Gasteiger partial charge on any atom is -0.388 e. The third kappa shape index (κ3) is 2.44. The van der Waals surface area contributed by atoms with E-state index in [1.54, 1.807) is 0 Å². The largest absolute Gasteiger partial charge is 0.388 e. The highest BCUT2D eigenvalue weighted by molar-refractivity contribution is 6.80. The summed E-state index contributed by atoms with van der Waals surface area (Å²) in [5.41, 5.74) is 4.76. The zero-order valence-corrected chi connectivity index (χ0v) is 11.3. The second kappa shape index (κ2) is 4.19. The maximum atomic E-state index is 10.2. The second-order valence-electron chi connectivity index (χ2n) is 5.74. The zero-order valence-electron chi connectivity index (χ0n) is 10.3. The van der Waals surface area contributed by atoms with Crippen LogP contribution >= 0.6 is 0 Å². The predicted octanol–water partition coefficient (Wildman–Crippen LogP) is 3.33. The summed E-state index contributed by atoms with van der Waals surface area (Å²) in [6.07, 6.45) is 2.92. The summed E-state index contributed by atoms with van der Waals surface area (Å²) < 4.78 is 0. The quantitative estimate of drug-likeness (QED) is 0.776. The highest BCUT2D eigenvalue weighted by Crippen LogP contribution is 2.36. The lowest BCUT2D eigenvalue weighted by atomic mass is 10.0. The van der Waals surface area contributed by atoms with E-state index < -0.39 is 8.07 Å². The van der Waals surface area contributed by atoms with Crippen LogP contribution in [-0.2, 0) is 6.42 Å². The van der Waals surface area contributed by atoms with Crippen LogP contribution in [0, 0.1) is 5.92 Å². The Morgan fingerprint density at radius 2 is 1.94 bits per heavy atom. The molecule has 2 atom stereocenters. The van der Waals surface area contributed by atoms with Crippen LogP contribution in [0.1, 0.15) is 17.2 Å². The van der Waals surface area contributed by atoms with Gasteiger partial charge < -0.3 is 5.11 Å². The van der Waals surface area contributed by atoms with Gasteiger partial charge in [0.15, 0.2) is 0 Å². The van der Waals surface area contributed by atoms with Gasteiger partial charge >= 0.3 is 0 Å². The average Bonchev–Trinajstić information content (AvgIpc) is 2.53. The van der Waals surface area contributed by atoms with Gasteiger partial charge in [-0.05, 0) is 17.5 Å². The molecule has 0 spiro atoms. The SMILES string of the molecule is C[Si](C)(C)/C=C/[C@@H]1Cc2ccccc2[C@@H]1O. The van der Waals surface area contributed by atoms with Crippen LogP contribution in [0.4, 0.5) is 0 Å². The fourth-order valence-corrected chi connectivity index (χ4v) is 3.01. The van der Waals surface area contributed by atoms with E-state index in [9.17, 15) is 5.11 Å². The van der Waals surface area contributed by atoms with Crippen molar-refractivity contribution < 1.29 is 5.11 Å². The van der Waals surface area contributed by atoms with E-state index in [1.807, 2.05) is 12.1 Å². The van der Waals surface area contributed by atoms with E-state index >= 15 is 0 Å². The van der Waals surface area contributed by atoms with Gasteiger partial charge in [-0.25, -0.2) is 0 Å². The Morgan fingerprint density at radius 3 is 2.56 bits per heavy atom. The molecule has 1 aliphatic rings. The predicted molar refractivity (Wildman–Crippen MR) is 71.1 cm³/mol. The molecular formula is C14H20OSi. The number of aliphatic hydroxyl groups excluding tert-OH is 1. The topological polar surface area (TPSA) is 20.2 Å². The van der Waals surface area contributed by atoms with Gasteiger partial charge in [-0.2, -0.15) is 0 Å². The normalized spacial score (nSPS) is 25.0. The van der Waals surface area contributed by atoms with Crippen LogP contribution in [0.25, 0.3) is 0 Å². The number of hydrogen-bond donors (Lipinski definition) is 1. The molecule has 0 bridgehead atoms. The maximum Gasteiger partial charge on any atom is 0.0858 e. The standard InChI is InChI=1S/C14H20OSi/c1-16(2,3)9-8-12-10-11-6-4-5-7-13(11)14(12)15/h4-9,12,14-15H,10H2,1-3H3/b9-8+/t12-,14-/m1/s1. The highest BCUT2D eigenvalue weighted by Gasteiger charge is 2.28. The van der Waals surface area contributed by atoms with Crippen molar-refractivity contribution in [1.82, 2.24) is 0 Å². The zero-order chi connectivity index (χ0) is 11.8. The molecule has 0 saturated heterocycles. The van der Waals surface area contributed by atoms with Crippen LogP contribution in [0.3, 0.4) is 0 Å². The van der Waals surface area contributed by atoms with E-state index in [2.05, 4.69) is 43.5 Å². The first-order valence-corrected chi connectivity index (χ1v) is 9.50. The van der Waals surface area contributed by atoms with Gasteiger partial charge in [0, 0.05) is 5.92 Å². The Bertz CT molecular complexity index is 403. The smallest absolute Gasteiger partial charge is 0.0858 e. The van der Waals surface area contributed by atoms with Gasteiger partial charge in [0.1, 0.15) is 0 Å². The number of benzene rings is 1. The van der Waals surface area contributed by atoms with E-state index in [-0.39, 0.29) is 12.0 Å². The molecule has 0 unspecified atom stereocenters. The lowest BCUT2D eigenvalue weighted by Gasteiger charge is -2.14. The molecule has 1 nitrogen and oxygen atoms in total. The monoisotopic (exact) mass is 232 g/mol. The Hall–Kier alpha value is -0.863. The molecule has 1 aromatic carbocycles. The van der Waals surface area contributed by atoms with Crippen molar-refractivity contribution in [3.8, 4) is 0 Å². The van der Waals surface area contributed by atoms with Gasteiger partial charge in [0.25, 0.3) is 0 Å². The molecule has 1 aromatic rings. The molecule has 0 amide bonds. The summed E-state index contributed by atoms with van der Waals surface area (Å²) in [5.74, 6) is 0.282. The summed E-state index contributed by atoms with van der Waals surface area (Å²) in [4.78, 5) is 0. The Labute approximate surface area is 98.8 Å². The summed E-state index contributed by atoms with van der Waals surface area (Å²) in [7, 11) is -1.15. The summed E-state index contributed by atoms with van der Waals surface area (Å²) >= 11 is 0. The van der Waals surface area contributed by atoms with Crippen LogP contribution in [-0.4, -0.2) is 13.2 Å². The summed E-state index contributed by atoms with van der Waals surface area (Å²) in [6, 6.07) is 8.23. The van der Waals surface area contributed by atoms with Crippen molar-refractivity contribution in [1.29, 1.82) is 0 Å². The number of fused-ring (bicyclic) bond motifs is 1. The minimum absolute atomic E-state index is 0.282. The highest BCUT2D eigenvalue weighted by atomic mass is 28.3. The second-order valence-corrected chi connectivity index (χ2v) is 10.8. The van der Waals surface area contributed by atoms with Gasteiger partial charge in [-0.15, -0.1) is 0 Å². The van der Waals surface area contributed by atoms with E-state index in [0.717, 1.165) is 12.0 Å².